The molecule has 0 aromatic rings. The normalized spacial score (nSPS) is 32.6. The molecule has 3 rings (SSSR count). The predicted molar refractivity (Wildman–Crippen MR) is 117 cm³/mol. The molecule has 1 saturated heterocycles. The molecule has 7 heteroatoms. The van der Waals surface area contributed by atoms with Crippen molar-refractivity contribution in [2.75, 3.05) is 13.1 Å². The van der Waals surface area contributed by atoms with E-state index in [1.54, 1.807) is 9.80 Å². The van der Waals surface area contributed by atoms with Gasteiger partial charge in [-0.2, -0.15) is 5.26 Å². The molecule has 2 amide bonds. The topological polar surface area (TPSA) is 93.9 Å². The van der Waals surface area contributed by atoms with Crippen molar-refractivity contribution in [1.82, 2.24) is 9.80 Å². The van der Waals surface area contributed by atoms with Gasteiger partial charge in [-0.05, 0) is 77.6 Å². The molecule has 31 heavy (non-hydrogen) atoms. The number of nitrogens with zero attached hydrogens (tertiary/aromatic N) is 3. The highest BCUT2D eigenvalue weighted by Gasteiger charge is 2.50. The third-order valence-electron chi connectivity index (χ3n) is 7.19. The number of aliphatic hydroxyl groups is 1. The number of hydrogen-bond donors (Lipinski definition) is 1. The quantitative estimate of drug-likeness (QED) is 0.687. The van der Waals surface area contributed by atoms with E-state index >= 15 is 0 Å². The molecule has 174 valence electrons. The fourth-order valence-electron chi connectivity index (χ4n) is 5.80. The van der Waals surface area contributed by atoms with E-state index in [0.717, 1.165) is 51.4 Å². The van der Waals surface area contributed by atoms with Crippen LogP contribution in [0.4, 0.5) is 4.79 Å². The van der Waals surface area contributed by atoms with Crippen LogP contribution in [0.3, 0.4) is 0 Å². The summed E-state index contributed by atoms with van der Waals surface area (Å²) in [6.45, 7) is 8.15. The van der Waals surface area contributed by atoms with Crippen LogP contribution in [0.1, 0.15) is 85.5 Å². The van der Waals surface area contributed by atoms with Gasteiger partial charge in [-0.3, -0.25) is 9.69 Å². The predicted octanol–water partition coefficient (Wildman–Crippen LogP) is 3.85. The van der Waals surface area contributed by atoms with Gasteiger partial charge in [0, 0.05) is 12.6 Å². The second-order valence-electron chi connectivity index (χ2n) is 10.9. The number of unbranched alkanes of at least 4 members (excludes halogenated alkanes) is 1. The van der Waals surface area contributed by atoms with E-state index in [0.29, 0.717) is 24.8 Å². The smallest absolute Gasteiger partial charge is 0.411 e. The molecular formula is C24H39N3O4. The minimum Gasteiger partial charge on any atom is -0.444 e. The lowest BCUT2D eigenvalue weighted by atomic mass is 9.91. The molecule has 2 saturated carbocycles. The number of carbonyl (C=O) groups excluding carboxylic acids is 2. The van der Waals surface area contributed by atoms with Gasteiger partial charge in [-0.25, -0.2) is 4.79 Å². The number of nitriles is 1. The summed E-state index contributed by atoms with van der Waals surface area (Å²) in [5.41, 5.74) is -1.21. The van der Waals surface area contributed by atoms with Crippen LogP contribution in [0.5, 0.6) is 0 Å². The van der Waals surface area contributed by atoms with E-state index in [1.165, 1.54) is 0 Å². The molecule has 3 aliphatic rings. The summed E-state index contributed by atoms with van der Waals surface area (Å²) in [5.74, 6) is 0.586. The minimum absolute atomic E-state index is 0.0443. The van der Waals surface area contributed by atoms with Crippen molar-refractivity contribution in [1.29, 1.82) is 5.26 Å². The largest absolute Gasteiger partial charge is 0.444 e. The van der Waals surface area contributed by atoms with Gasteiger partial charge in [0.1, 0.15) is 18.2 Å². The Labute approximate surface area is 186 Å². The Bertz CT molecular complexity index is 697. The first-order chi connectivity index (χ1) is 14.5. The Kier molecular flexibility index (Phi) is 7.20. The lowest BCUT2D eigenvalue weighted by Gasteiger charge is -2.34. The van der Waals surface area contributed by atoms with E-state index in [-0.39, 0.29) is 18.5 Å². The maximum absolute atomic E-state index is 13.1. The molecule has 1 unspecified atom stereocenters. The Balaban J connectivity index is 1.69. The second-order valence-corrected chi connectivity index (χ2v) is 10.9. The molecule has 1 aliphatic heterocycles. The highest BCUT2D eigenvalue weighted by atomic mass is 16.6. The van der Waals surface area contributed by atoms with E-state index in [2.05, 4.69) is 13.0 Å². The maximum Gasteiger partial charge on any atom is 0.411 e. The number of carbonyl (C=O) groups is 2. The molecule has 7 nitrogen and oxygen atoms in total. The summed E-state index contributed by atoms with van der Waals surface area (Å²) in [6.07, 6.45) is 7.18. The highest BCUT2D eigenvalue weighted by molar-refractivity contribution is 5.83. The number of fused-ring (bicyclic) bond motifs is 1. The van der Waals surface area contributed by atoms with Gasteiger partial charge >= 0.3 is 6.09 Å². The van der Waals surface area contributed by atoms with Crippen molar-refractivity contribution in [2.45, 2.75) is 109 Å². The summed E-state index contributed by atoms with van der Waals surface area (Å²) in [5, 5.41) is 20.3. The SMILES string of the molecule is CCCC[C@@]1(O)C[C@H]2CC(N(CC(=O)N3CCC[C@H]3C#N)C(=O)OC(C)(C)C)C[C@H]2C1. The van der Waals surface area contributed by atoms with Crippen LogP contribution in [0, 0.1) is 23.2 Å². The van der Waals surface area contributed by atoms with Crippen LogP contribution >= 0.6 is 0 Å². The van der Waals surface area contributed by atoms with Crippen LogP contribution in [0.15, 0.2) is 0 Å². The van der Waals surface area contributed by atoms with Crippen molar-refractivity contribution >= 4 is 12.0 Å². The van der Waals surface area contributed by atoms with Crippen molar-refractivity contribution in [3.8, 4) is 6.07 Å². The molecule has 0 radical (unpaired) electrons. The Morgan fingerprint density at radius 1 is 1.26 bits per heavy atom. The second kappa shape index (κ2) is 9.36. The van der Waals surface area contributed by atoms with Crippen molar-refractivity contribution in [3.63, 3.8) is 0 Å². The first kappa shape index (κ1) is 23.8. The molecular weight excluding hydrogens is 394 g/mol. The number of ether oxygens (including phenoxy) is 1. The third kappa shape index (κ3) is 5.71. The Morgan fingerprint density at radius 2 is 1.90 bits per heavy atom. The van der Waals surface area contributed by atoms with Gasteiger partial charge in [-0.1, -0.05) is 19.8 Å². The lowest BCUT2D eigenvalue weighted by Crippen LogP contribution is -2.49. The number of rotatable bonds is 6. The average Bonchev–Trinajstić information content (AvgIpc) is 3.36. The van der Waals surface area contributed by atoms with E-state index in [1.807, 2.05) is 20.8 Å². The number of amides is 2. The lowest BCUT2D eigenvalue weighted by molar-refractivity contribution is -0.133. The molecule has 0 spiro atoms. The fourth-order valence-corrected chi connectivity index (χ4v) is 5.80. The highest BCUT2D eigenvalue weighted by Crippen LogP contribution is 2.51. The maximum atomic E-state index is 13.1. The van der Waals surface area contributed by atoms with Gasteiger partial charge in [0.15, 0.2) is 0 Å². The molecule has 1 heterocycles. The van der Waals surface area contributed by atoms with Crippen LogP contribution in [0.25, 0.3) is 0 Å². The van der Waals surface area contributed by atoms with Crippen LogP contribution < -0.4 is 0 Å². The van der Waals surface area contributed by atoms with Crippen LogP contribution in [-0.2, 0) is 9.53 Å². The van der Waals surface area contributed by atoms with E-state index in [4.69, 9.17) is 4.74 Å². The molecule has 1 N–H and O–H groups in total. The minimum atomic E-state index is -0.643. The van der Waals surface area contributed by atoms with Gasteiger partial charge < -0.3 is 14.7 Å². The van der Waals surface area contributed by atoms with Gasteiger partial charge in [-0.15, -0.1) is 0 Å². The van der Waals surface area contributed by atoms with Crippen molar-refractivity contribution < 1.29 is 19.4 Å². The van der Waals surface area contributed by atoms with Gasteiger partial charge in [0.25, 0.3) is 0 Å². The zero-order valence-corrected chi connectivity index (χ0v) is 19.6. The zero-order chi connectivity index (χ0) is 22.8. The van der Waals surface area contributed by atoms with Crippen LogP contribution in [-0.4, -0.2) is 63.3 Å². The molecule has 0 aromatic carbocycles. The fraction of sp³-hybridized carbons (Fsp3) is 0.875. The standard InChI is InChI=1S/C24H39N3O4/c1-5-6-9-24(30)13-17-11-20(12-18(17)14-24)27(22(29)31-23(2,3)4)16-21(28)26-10-7-8-19(26)15-25/h17-20,30H,5-14,16H2,1-4H3/t17-,18+,19-,20?,24-/m0/s1. The summed E-state index contributed by atoms with van der Waals surface area (Å²) in [7, 11) is 0. The third-order valence-corrected chi connectivity index (χ3v) is 7.19. The summed E-state index contributed by atoms with van der Waals surface area (Å²) < 4.78 is 5.65. The van der Waals surface area contributed by atoms with Gasteiger partial charge in [0.2, 0.25) is 5.91 Å². The first-order valence-electron chi connectivity index (χ1n) is 12.0. The van der Waals surface area contributed by atoms with E-state index < -0.39 is 23.3 Å². The van der Waals surface area contributed by atoms with E-state index in [9.17, 15) is 20.0 Å². The van der Waals surface area contributed by atoms with Crippen LogP contribution in [0.2, 0.25) is 0 Å². The Morgan fingerprint density at radius 3 is 2.45 bits per heavy atom. The summed E-state index contributed by atoms with van der Waals surface area (Å²) in [4.78, 5) is 29.3. The summed E-state index contributed by atoms with van der Waals surface area (Å²) in [6, 6.07) is 1.74. The number of hydrogen-bond acceptors (Lipinski definition) is 5. The number of likely N-dealkylation sites (tertiary alicyclic amines) is 1. The molecule has 3 fully saturated rings. The van der Waals surface area contributed by atoms with Crippen molar-refractivity contribution in [2.24, 2.45) is 11.8 Å². The Hall–Kier alpha value is -1.81. The summed E-state index contributed by atoms with van der Waals surface area (Å²) >= 11 is 0. The average molecular weight is 434 g/mol. The molecule has 2 aliphatic carbocycles. The van der Waals surface area contributed by atoms with Gasteiger partial charge in [0.05, 0.1) is 11.7 Å². The molecule has 5 atom stereocenters. The first-order valence-corrected chi connectivity index (χ1v) is 12.0. The zero-order valence-electron chi connectivity index (χ0n) is 19.6. The molecule has 0 aromatic heterocycles. The molecule has 0 bridgehead atoms. The van der Waals surface area contributed by atoms with Crippen molar-refractivity contribution in [3.05, 3.63) is 0 Å². The monoisotopic (exact) mass is 433 g/mol.